The molecule has 0 heterocycles. The minimum Gasteiger partial charge on any atom is -0.493 e. The van der Waals surface area contributed by atoms with Crippen molar-refractivity contribution in [2.45, 2.75) is 6.61 Å². The van der Waals surface area contributed by atoms with Crippen molar-refractivity contribution in [1.29, 1.82) is 0 Å². The molecule has 0 atom stereocenters. The Morgan fingerprint density at radius 2 is 1.77 bits per heavy atom. The number of aldehydes is 1. The van der Waals surface area contributed by atoms with E-state index in [4.69, 9.17) is 14.2 Å². The topological polar surface area (TPSA) is 61.8 Å². The largest absolute Gasteiger partial charge is 0.493 e. The lowest BCUT2D eigenvalue weighted by Gasteiger charge is -2.14. The maximum Gasteiger partial charge on any atom is 0.343 e. The molecule has 0 radical (unpaired) electrons. The van der Waals surface area contributed by atoms with Gasteiger partial charge in [0.05, 0.1) is 14.2 Å². The fourth-order valence-corrected chi connectivity index (χ4v) is 2.05. The molecule has 2 rings (SSSR count). The van der Waals surface area contributed by atoms with E-state index in [-0.39, 0.29) is 23.5 Å². The lowest BCUT2D eigenvalue weighted by atomic mass is 10.1. The Morgan fingerprint density at radius 1 is 1.05 bits per heavy atom. The number of esters is 1. The molecular weight excluding hydrogens is 284 g/mol. The first-order chi connectivity index (χ1) is 10.7. The van der Waals surface area contributed by atoms with E-state index in [1.807, 2.05) is 30.3 Å². The summed E-state index contributed by atoms with van der Waals surface area (Å²) in [7, 11) is 2.86. The minimum atomic E-state index is -0.637. The number of ether oxygens (including phenoxy) is 3. The Labute approximate surface area is 128 Å². The van der Waals surface area contributed by atoms with E-state index in [0.717, 1.165) is 5.56 Å². The molecule has 0 aliphatic carbocycles. The van der Waals surface area contributed by atoms with Crippen molar-refractivity contribution in [2.24, 2.45) is 0 Å². The summed E-state index contributed by atoms with van der Waals surface area (Å²) in [6.45, 7) is 0.109. The van der Waals surface area contributed by atoms with Gasteiger partial charge in [-0.3, -0.25) is 4.79 Å². The highest BCUT2D eigenvalue weighted by atomic mass is 16.5. The number of carbonyl (C=O) groups excluding carboxylic acids is 2. The molecule has 0 saturated heterocycles. The second kappa shape index (κ2) is 7.26. The summed E-state index contributed by atoms with van der Waals surface area (Å²) < 4.78 is 15.6. The smallest absolute Gasteiger partial charge is 0.343 e. The summed E-state index contributed by atoms with van der Waals surface area (Å²) >= 11 is 0. The fraction of sp³-hybridized carbons (Fsp3) is 0.176. The minimum absolute atomic E-state index is 0.0628. The van der Waals surface area contributed by atoms with Crippen LogP contribution in [-0.2, 0) is 11.3 Å². The lowest BCUT2D eigenvalue weighted by molar-refractivity contribution is 0.0466. The lowest BCUT2D eigenvalue weighted by Crippen LogP contribution is -2.11. The zero-order valence-electron chi connectivity index (χ0n) is 12.4. The molecule has 0 aliphatic heterocycles. The van der Waals surface area contributed by atoms with E-state index in [2.05, 4.69) is 0 Å². The number of methoxy groups -OCH3 is 2. The third-order valence-corrected chi connectivity index (χ3v) is 3.12. The first kappa shape index (κ1) is 15.6. The van der Waals surface area contributed by atoms with Crippen LogP contribution in [0.15, 0.2) is 42.5 Å². The van der Waals surface area contributed by atoms with Gasteiger partial charge in [-0.05, 0) is 17.7 Å². The Morgan fingerprint density at radius 3 is 2.36 bits per heavy atom. The van der Waals surface area contributed by atoms with Crippen LogP contribution >= 0.6 is 0 Å². The Balaban J connectivity index is 2.29. The summed E-state index contributed by atoms with van der Waals surface area (Å²) in [6, 6.07) is 12.3. The van der Waals surface area contributed by atoms with Crippen LogP contribution in [0.4, 0.5) is 0 Å². The molecule has 2 aromatic carbocycles. The second-order valence-corrected chi connectivity index (χ2v) is 4.44. The number of carbonyl (C=O) groups is 2. The Kier molecular flexibility index (Phi) is 5.14. The zero-order valence-corrected chi connectivity index (χ0v) is 12.4. The van der Waals surface area contributed by atoms with Crippen molar-refractivity contribution in [1.82, 2.24) is 0 Å². The van der Waals surface area contributed by atoms with Crippen molar-refractivity contribution in [2.75, 3.05) is 14.2 Å². The van der Waals surface area contributed by atoms with Gasteiger partial charge in [0.15, 0.2) is 17.8 Å². The van der Waals surface area contributed by atoms with E-state index in [1.54, 1.807) is 6.07 Å². The first-order valence-corrected chi connectivity index (χ1v) is 6.62. The summed E-state index contributed by atoms with van der Waals surface area (Å²) in [5.41, 5.74) is 1.11. The molecule has 5 heteroatoms. The third-order valence-electron chi connectivity index (χ3n) is 3.12. The van der Waals surface area contributed by atoms with Gasteiger partial charge in [0.25, 0.3) is 0 Å². The predicted molar refractivity (Wildman–Crippen MR) is 80.5 cm³/mol. The van der Waals surface area contributed by atoms with Crippen LogP contribution in [0, 0.1) is 0 Å². The quantitative estimate of drug-likeness (QED) is 0.606. The maximum atomic E-state index is 12.3. The SMILES string of the molecule is COc1ccc(C=O)c(C(=O)OCc2ccccc2)c1OC. The van der Waals surface area contributed by atoms with Gasteiger partial charge < -0.3 is 14.2 Å². The van der Waals surface area contributed by atoms with Gasteiger partial charge in [-0.2, -0.15) is 0 Å². The molecule has 0 aromatic heterocycles. The van der Waals surface area contributed by atoms with Gasteiger partial charge in [-0.15, -0.1) is 0 Å². The van der Waals surface area contributed by atoms with Gasteiger partial charge in [-0.1, -0.05) is 30.3 Å². The number of benzene rings is 2. The van der Waals surface area contributed by atoms with Crippen LogP contribution in [0.2, 0.25) is 0 Å². The highest BCUT2D eigenvalue weighted by Gasteiger charge is 2.22. The van der Waals surface area contributed by atoms with E-state index < -0.39 is 5.97 Å². The summed E-state index contributed by atoms with van der Waals surface area (Å²) in [4.78, 5) is 23.5. The molecule has 0 bridgehead atoms. The van der Waals surface area contributed by atoms with E-state index in [0.29, 0.717) is 12.0 Å². The van der Waals surface area contributed by atoms with E-state index in [9.17, 15) is 9.59 Å². The fourth-order valence-electron chi connectivity index (χ4n) is 2.05. The van der Waals surface area contributed by atoms with Crippen molar-refractivity contribution >= 4 is 12.3 Å². The van der Waals surface area contributed by atoms with Gasteiger partial charge in [0.2, 0.25) is 0 Å². The van der Waals surface area contributed by atoms with Crippen LogP contribution in [0.3, 0.4) is 0 Å². The van der Waals surface area contributed by atoms with E-state index in [1.165, 1.54) is 20.3 Å². The average molecular weight is 300 g/mol. The van der Waals surface area contributed by atoms with Crippen molar-refractivity contribution < 1.29 is 23.8 Å². The van der Waals surface area contributed by atoms with Crippen LogP contribution in [-0.4, -0.2) is 26.5 Å². The summed E-state index contributed by atoms with van der Waals surface area (Å²) in [5, 5.41) is 0. The Bertz CT molecular complexity index is 664. The molecule has 0 saturated carbocycles. The maximum absolute atomic E-state index is 12.3. The first-order valence-electron chi connectivity index (χ1n) is 6.62. The molecule has 2 aromatic rings. The zero-order chi connectivity index (χ0) is 15.9. The molecule has 0 spiro atoms. The van der Waals surface area contributed by atoms with Crippen LogP contribution < -0.4 is 9.47 Å². The van der Waals surface area contributed by atoms with Gasteiger partial charge in [-0.25, -0.2) is 4.79 Å². The van der Waals surface area contributed by atoms with Crippen molar-refractivity contribution in [3.8, 4) is 11.5 Å². The molecule has 0 aliphatic rings. The van der Waals surface area contributed by atoms with Crippen LogP contribution in [0.5, 0.6) is 11.5 Å². The molecule has 0 fully saturated rings. The number of rotatable bonds is 6. The molecule has 114 valence electrons. The van der Waals surface area contributed by atoms with Crippen molar-refractivity contribution in [3.63, 3.8) is 0 Å². The monoisotopic (exact) mass is 300 g/mol. The molecule has 0 N–H and O–H groups in total. The van der Waals surface area contributed by atoms with Crippen LogP contribution in [0.25, 0.3) is 0 Å². The van der Waals surface area contributed by atoms with Crippen molar-refractivity contribution in [3.05, 3.63) is 59.2 Å². The Hall–Kier alpha value is -2.82. The highest BCUT2D eigenvalue weighted by molar-refractivity contribution is 6.01. The molecule has 5 nitrogen and oxygen atoms in total. The predicted octanol–water partition coefficient (Wildman–Crippen LogP) is 2.87. The van der Waals surface area contributed by atoms with Gasteiger partial charge in [0, 0.05) is 5.56 Å². The highest BCUT2D eigenvalue weighted by Crippen LogP contribution is 2.33. The molecule has 0 unspecified atom stereocenters. The standard InChI is InChI=1S/C17H16O5/c1-20-14-9-8-13(10-18)15(16(14)21-2)17(19)22-11-12-6-4-3-5-7-12/h3-10H,11H2,1-2H3. The molecular formula is C17H16O5. The molecule has 22 heavy (non-hydrogen) atoms. The number of hydrogen-bond acceptors (Lipinski definition) is 5. The summed E-state index contributed by atoms with van der Waals surface area (Å²) in [6.07, 6.45) is 0.584. The van der Waals surface area contributed by atoms with Gasteiger partial charge in [0.1, 0.15) is 12.2 Å². The second-order valence-electron chi connectivity index (χ2n) is 4.44. The third kappa shape index (κ3) is 3.25. The van der Waals surface area contributed by atoms with E-state index >= 15 is 0 Å². The average Bonchev–Trinajstić information content (AvgIpc) is 2.58. The number of hydrogen-bond donors (Lipinski definition) is 0. The normalized spacial score (nSPS) is 9.91. The summed E-state index contributed by atoms with van der Waals surface area (Å²) in [5.74, 6) is -0.0911. The van der Waals surface area contributed by atoms with Crippen LogP contribution in [0.1, 0.15) is 26.3 Å². The molecule has 0 amide bonds. The van der Waals surface area contributed by atoms with Gasteiger partial charge >= 0.3 is 5.97 Å².